The zero-order chi connectivity index (χ0) is 29.4. The van der Waals surface area contributed by atoms with Gasteiger partial charge in [0, 0.05) is 31.2 Å². The molecule has 0 radical (unpaired) electrons. The van der Waals surface area contributed by atoms with Gasteiger partial charge in [-0.3, -0.25) is 4.79 Å². The van der Waals surface area contributed by atoms with Crippen LogP contribution in [0.25, 0.3) is 0 Å². The van der Waals surface area contributed by atoms with Crippen molar-refractivity contribution in [1.29, 1.82) is 5.26 Å². The first-order valence-electron chi connectivity index (χ1n) is 15.0. The third kappa shape index (κ3) is 5.47. The Hall–Kier alpha value is -3.58. The summed E-state index contributed by atoms with van der Waals surface area (Å²) in [5, 5.41) is 9.48. The maximum Gasteiger partial charge on any atom is 0.318 e. The van der Waals surface area contributed by atoms with Crippen LogP contribution >= 0.6 is 0 Å². The molecule has 1 aromatic carbocycles. The number of anilines is 1. The van der Waals surface area contributed by atoms with Crippen molar-refractivity contribution in [2.45, 2.75) is 69.9 Å². The molecule has 3 heterocycles. The van der Waals surface area contributed by atoms with Crippen molar-refractivity contribution in [3.05, 3.63) is 58.8 Å². The van der Waals surface area contributed by atoms with Crippen molar-refractivity contribution < 1.29 is 18.3 Å². The van der Waals surface area contributed by atoms with Gasteiger partial charge in [-0.2, -0.15) is 15.2 Å². The molecule has 0 unspecified atom stereocenters. The van der Waals surface area contributed by atoms with Gasteiger partial charge in [-0.05, 0) is 87.6 Å². The Morgan fingerprint density at radius 1 is 1.17 bits per heavy atom. The predicted molar refractivity (Wildman–Crippen MR) is 154 cm³/mol. The third-order valence-corrected chi connectivity index (χ3v) is 9.86. The van der Waals surface area contributed by atoms with E-state index in [1.807, 2.05) is 0 Å². The quantitative estimate of drug-likeness (QED) is 0.478. The molecule has 0 bridgehead atoms. The summed E-state index contributed by atoms with van der Waals surface area (Å²) in [6.07, 6.45) is 7.22. The van der Waals surface area contributed by atoms with Crippen LogP contribution in [0.1, 0.15) is 54.5 Å². The zero-order valence-electron chi connectivity index (χ0n) is 24.2. The summed E-state index contributed by atoms with van der Waals surface area (Å²) >= 11 is 0. The van der Waals surface area contributed by atoms with E-state index in [1.165, 1.54) is 4.90 Å². The van der Waals surface area contributed by atoms with Crippen molar-refractivity contribution >= 4 is 11.7 Å². The standard InChI is InChI=1S/C32H38F2N6O2/c1-21(33)30(41)40-16-15-39(19-23(40)10-13-35)29-26-9-12-32(11-8-25-22(17-32)5-3-7-27(25)34)18-28(26)36-31(37-29)42-20-24-6-4-14-38(24)2/h3,5,7,23-24H,1,4,6,8-12,14-20H2,2H3/t23-,24-,32+/m0/s1. The van der Waals surface area contributed by atoms with E-state index in [0.717, 1.165) is 86.1 Å². The maximum atomic E-state index is 14.5. The number of piperazine rings is 1. The number of carbonyl (C=O) groups excluding carboxylic acids is 1. The first-order valence-corrected chi connectivity index (χ1v) is 15.0. The van der Waals surface area contributed by atoms with Gasteiger partial charge in [0.15, 0.2) is 5.83 Å². The third-order valence-electron chi connectivity index (χ3n) is 9.86. The van der Waals surface area contributed by atoms with E-state index in [4.69, 9.17) is 14.7 Å². The Labute approximate surface area is 246 Å². The maximum absolute atomic E-state index is 14.5. The molecule has 0 saturated carbocycles. The minimum absolute atomic E-state index is 0.00168. The molecule has 4 aliphatic rings. The number of likely N-dealkylation sites (tertiary alicyclic amines) is 1. The van der Waals surface area contributed by atoms with Gasteiger partial charge in [0.05, 0.1) is 24.2 Å². The number of halogens is 2. The summed E-state index contributed by atoms with van der Waals surface area (Å²) in [5.41, 5.74) is 3.97. The van der Waals surface area contributed by atoms with E-state index in [9.17, 15) is 18.8 Å². The lowest BCUT2D eigenvalue weighted by Crippen LogP contribution is -2.55. The van der Waals surface area contributed by atoms with Crippen LogP contribution in [0, 0.1) is 22.6 Å². The van der Waals surface area contributed by atoms with Crippen LogP contribution in [0.3, 0.4) is 0 Å². The summed E-state index contributed by atoms with van der Waals surface area (Å²) in [6, 6.07) is 7.73. The number of nitriles is 1. The van der Waals surface area contributed by atoms with Crippen molar-refractivity contribution in [1.82, 2.24) is 19.8 Å². The fraction of sp³-hybridized carbons (Fsp3) is 0.562. The van der Waals surface area contributed by atoms with Gasteiger partial charge in [-0.15, -0.1) is 0 Å². The average molecular weight is 577 g/mol. The minimum Gasteiger partial charge on any atom is -0.462 e. The van der Waals surface area contributed by atoms with E-state index in [1.54, 1.807) is 12.1 Å². The number of carbonyl (C=O) groups is 1. The highest BCUT2D eigenvalue weighted by molar-refractivity contribution is 5.91. The number of hydrogen-bond donors (Lipinski definition) is 0. The number of ether oxygens (including phenoxy) is 1. The van der Waals surface area contributed by atoms with E-state index < -0.39 is 17.8 Å². The van der Waals surface area contributed by atoms with Crippen molar-refractivity contribution in [3.63, 3.8) is 0 Å². The van der Waals surface area contributed by atoms with Crippen molar-refractivity contribution in [2.75, 3.05) is 44.7 Å². The minimum atomic E-state index is -1.02. The molecule has 10 heteroatoms. The van der Waals surface area contributed by atoms with Crippen LogP contribution in [-0.2, 0) is 30.5 Å². The van der Waals surface area contributed by atoms with Gasteiger partial charge in [0.1, 0.15) is 18.2 Å². The SMILES string of the molecule is C=C(F)C(=O)N1CCN(c2nc(OC[C@@H]3CCCN3C)nc3c2CC[C@@]2(CCc4c(F)cccc4C2)C3)C[C@@H]1CC#N. The zero-order valence-corrected chi connectivity index (χ0v) is 24.2. The Kier molecular flexibility index (Phi) is 7.88. The van der Waals surface area contributed by atoms with E-state index in [-0.39, 0.29) is 24.2 Å². The van der Waals surface area contributed by atoms with Gasteiger partial charge in [0.2, 0.25) is 0 Å². The molecule has 2 aromatic rings. The lowest BCUT2D eigenvalue weighted by atomic mass is 9.63. The number of fused-ring (bicyclic) bond motifs is 2. The molecule has 42 heavy (non-hydrogen) atoms. The number of nitrogens with zero attached hydrogens (tertiary/aromatic N) is 6. The second-order valence-electron chi connectivity index (χ2n) is 12.4. The second-order valence-corrected chi connectivity index (χ2v) is 12.4. The molecule has 1 amide bonds. The van der Waals surface area contributed by atoms with E-state index in [0.29, 0.717) is 31.7 Å². The molecule has 1 aromatic heterocycles. The lowest BCUT2D eigenvalue weighted by molar-refractivity contribution is -0.131. The lowest BCUT2D eigenvalue weighted by Gasteiger charge is -2.44. The number of aromatic nitrogens is 2. The van der Waals surface area contributed by atoms with Crippen molar-refractivity contribution in [2.24, 2.45) is 5.41 Å². The molecule has 2 aliphatic carbocycles. The Morgan fingerprint density at radius 3 is 2.71 bits per heavy atom. The van der Waals surface area contributed by atoms with Crippen LogP contribution in [-0.4, -0.2) is 77.6 Å². The van der Waals surface area contributed by atoms with Gasteiger partial charge in [-0.25, -0.2) is 8.78 Å². The highest BCUT2D eigenvalue weighted by atomic mass is 19.1. The van der Waals surface area contributed by atoms with Crippen LogP contribution in [0.5, 0.6) is 6.01 Å². The van der Waals surface area contributed by atoms with Crippen LogP contribution < -0.4 is 9.64 Å². The molecule has 3 atom stereocenters. The molecule has 8 nitrogen and oxygen atoms in total. The second kappa shape index (κ2) is 11.6. The molecule has 2 aliphatic heterocycles. The van der Waals surface area contributed by atoms with Crippen LogP contribution in [0.2, 0.25) is 0 Å². The summed E-state index contributed by atoms with van der Waals surface area (Å²) < 4.78 is 34.5. The predicted octanol–water partition coefficient (Wildman–Crippen LogP) is 4.17. The van der Waals surface area contributed by atoms with Gasteiger partial charge < -0.3 is 19.4 Å². The molecule has 6 rings (SSSR count). The molecule has 1 spiro atoms. The first kappa shape index (κ1) is 28.5. The Balaban J connectivity index is 1.31. The van der Waals surface area contributed by atoms with E-state index >= 15 is 0 Å². The molecule has 0 N–H and O–H groups in total. The molecular formula is C32H38F2N6O2. The fourth-order valence-corrected chi connectivity index (χ4v) is 7.46. The number of likely N-dealkylation sites (N-methyl/N-ethyl adjacent to an activating group) is 1. The number of amides is 1. The van der Waals surface area contributed by atoms with Crippen LogP contribution in [0.4, 0.5) is 14.6 Å². The normalized spacial score (nSPS) is 25.6. The summed E-state index contributed by atoms with van der Waals surface area (Å²) in [6.45, 7) is 5.80. The molecule has 222 valence electrons. The summed E-state index contributed by atoms with van der Waals surface area (Å²) in [5.74, 6) is -1.12. The highest BCUT2D eigenvalue weighted by Gasteiger charge is 2.41. The molecule has 2 saturated heterocycles. The van der Waals surface area contributed by atoms with Gasteiger partial charge in [-0.1, -0.05) is 18.7 Å². The topological polar surface area (TPSA) is 85.6 Å². The Morgan fingerprint density at radius 2 is 1.98 bits per heavy atom. The monoisotopic (exact) mass is 576 g/mol. The van der Waals surface area contributed by atoms with Gasteiger partial charge >= 0.3 is 6.01 Å². The highest BCUT2D eigenvalue weighted by Crippen LogP contribution is 2.47. The number of benzene rings is 1. The first-order chi connectivity index (χ1) is 20.3. The average Bonchev–Trinajstić information content (AvgIpc) is 3.39. The fourth-order valence-electron chi connectivity index (χ4n) is 7.46. The van der Waals surface area contributed by atoms with Gasteiger partial charge in [0.25, 0.3) is 5.91 Å². The smallest absolute Gasteiger partial charge is 0.318 e. The number of rotatable bonds is 6. The van der Waals surface area contributed by atoms with Crippen molar-refractivity contribution in [3.8, 4) is 12.1 Å². The summed E-state index contributed by atoms with van der Waals surface area (Å²) in [7, 11) is 2.11. The molecule has 2 fully saturated rings. The van der Waals surface area contributed by atoms with E-state index in [2.05, 4.69) is 35.6 Å². The Bertz CT molecular complexity index is 1430. The van der Waals surface area contributed by atoms with Crippen LogP contribution in [0.15, 0.2) is 30.6 Å². The largest absolute Gasteiger partial charge is 0.462 e. The molecular weight excluding hydrogens is 538 g/mol. The number of hydrogen-bond acceptors (Lipinski definition) is 7. The summed E-state index contributed by atoms with van der Waals surface area (Å²) in [4.78, 5) is 28.2.